The highest BCUT2D eigenvalue weighted by atomic mass is 19.4. The van der Waals surface area contributed by atoms with Gasteiger partial charge in [0.25, 0.3) is 0 Å². The number of nitrogens with zero attached hydrogens (tertiary/aromatic N) is 1. The van der Waals surface area contributed by atoms with Crippen molar-refractivity contribution in [2.45, 2.75) is 12.6 Å². The molecule has 0 radical (unpaired) electrons. The second-order valence-corrected chi connectivity index (χ2v) is 6.42. The van der Waals surface area contributed by atoms with E-state index in [0.717, 1.165) is 36.6 Å². The molecule has 0 aliphatic carbocycles. The molecule has 150 valence electrons. The van der Waals surface area contributed by atoms with Gasteiger partial charge in [0.1, 0.15) is 0 Å². The lowest BCUT2D eigenvalue weighted by atomic mass is 10.2. The summed E-state index contributed by atoms with van der Waals surface area (Å²) in [5.74, 6) is -0.167. The summed E-state index contributed by atoms with van der Waals surface area (Å²) in [5, 5.41) is 5.88. The van der Waals surface area contributed by atoms with Crippen LogP contribution in [0.3, 0.4) is 0 Å². The SMILES string of the molecule is O=C(CCNc1ccc(C(F)(F)F)cc1)Nc1ccccc1N1CCOCC1. The molecule has 5 nitrogen and oxygen atoms in total. The lowest BCUT2D eigenvalue weighted by molar-refractivity contribution is -0.137. The van der Waals surface area contributed by atoms with Crippen molar-refractivity contribution >= 4 is 23.0 Å². The number of ether oxygens (including phenoxy) is 1. The molecule has 2 N–H and O–H groups in total. The Morgan fingerprint density at radius 1 is 1.04 bits per heavy atom. The summed E-state index contributed by atoms with van der Waals surface area (Å²) < 4.78 is 43.1. The van der Waals surface area contributed by atoms with Gasteiger partial charge >= 0.3 is 6.18 Å². The van der Waals surface area contributed by atoms with E-state index in [9.17, 15) is 18.0 Å². The van der Waals surface area contributed by atoms with Crippen LogP contribution < -0.4 is 15.5 Å². The largest absolute Gasteiger partial charge is 0.416 e. The van der Waals surface area contributed by atoms with Crippen molar-refractivity contribution in [3.05, 3.63) is 54.1 Å². The highest BCUT2D eigenvalue weighted by molar-refractivity contribution is 5.94. The standard InChI is InChI=1S/C20H22F3N3O2/c21-20(22,23)15-5-7-16(8-6-15)24-10-9-19(27)25-17-3-1-2-4-18(17)26-11-13-28-14-12-26/h1-8,24H,9-14H2,(H,25,27). The van der Waals surface area contributed by atoms with E-state index in [4.69, 9.17) is 4.74 Å². The fraction of sp³-hybridized carbons (Fsp3) is 0.350. The second kappa shape index (κ2) is 8.97. The van der Waals surface area contributed by atoms with Gasteiger partial charge in [-0.05, 0) is 36.4 Å². The Morgan fingerprint density at radius 2 is 1.71 bits per heavy atom. The highest BCUT2D eigenvalue weighted by Crippen LogP contribution is 2.30. The first-order valence-corrected chi connectivity index (χ1v) is 9.06. The van der Waals surface area contributed by atoms with E-state index in [0.29, 0.717) is 25.4 Å². The van der Waals surface area contributed by atoms with Crippen LogP contribution in [-0.4, -0.2) is 38.8 Å². The number of alkyl halides is 3. The van der Waals surface area contributed by atoms with Gasteiger partial charge in [-0.3, -0.25) is 4.79 Å². The number of hydrogen-bond acceptors (Lipinski definition) is 4. The first-order chi connectivity index (χ1) is 13.4. The first-order valence-electron chi connectivity index (χ1n) is 9.06. The molecule has 1 heterocycles. The third-order valence-corrected chi connectivity index (χ3v) is 4.42. The molecule has 2 aromatic rings. The van der Waals surface area contributed by atoms with Crippen LogP contribution in [0.1, 0.15) is 12.0 Å². The number of amides is 1. The minimum absolute atomic E-state index is 0.167. The number of halogens is 3. The molecular weight excluding hydrogens is 371 g/mol. The number of rotatable bonds is 6. The fourth-order valence-corrected chi connectivity index (χ4v) is 2.97. The van der Waals surface area contributed by atoms with Crippen molar-refractivity contribution in [1.82, 2.24) is 0 Å². The average molecular weight is 393 g/mol. The molecule has 1 aliphatic rings. The maximum absolute atomic E-state index is 12.6. The van der Waals surface area contributed by atoms with E-state index in [1.54, 1.807) is 0 Å². The third kappa shape index (κ3) is 5.39. The molecule has 0 aromatic heterocycles. The zero-order chi connectivity index (χ0) is 20.0. The van der Waals surface area contributed by atoms with Gasteiger partial charge < -0.3 is 20.3 Å². The lowest BCUT2D eigenvalue weighted by Crippen LogP contribution is -2.36. The molecule has 28 heavy (non-hydrogen) atoms. The Morgan fingerprint density at radius 3 is 2.39 bits per heavy atom. The summed E-state index contributed by atoms with van der Waals surface area (Å²) in [5.41, 5.74) is 1.53. The lowest BCUT2D eigenvalue weighted by Gasteiger charge is -2.30. The molecule has 0 saturated carbocycles. The zero-order valence-electron chi connectivity index (χ0n) is 15.3. The van der Waals surface area contributed by atoms with E-state index < -0.39 is 11.7 Å². The molecule has 1 saturated heterocycles. The van der Waals surface area contributed by atoms with Gasteiger partial charge in [-0.1, -0.05) is 12.1 Å². The highest BCUT2D eigenvalue weighted by Gasteiger charge is 2.29. The molecule has 0 atom stereocenters. The number of anilines is 3. The van der Waals surface area contributed by atoms with Crippen molar-refractivity contribution in [1.29, 1.82) is 0 Å². The van der Waals surface area contributed by atoms with Crippen LogP contribution in [0.25, 0.3) is 0 Å². The zero-order valence-corrected chi connectivity index (χ0v) is 15.3. The van der Waals surface area contributed by atoms with E-state index in [-0.39, 0.29) is 12.3 Å². The molecule has 1 amide bonds. The van der Waals surface area contributed by atoms with Crippen LogP contribution in [0.4, 0.5) is 30.2 Å². The van der Waals surface area contributed by atoms with Crippen LogP contribution in [0.2, 0.25) is 0 Å². The van der Waals surface area contributed by atoms with Crippen LogP contribution in [-0.2, 0) is 15.7 Å². The minimum atomic E-state index is -4.35. The number of benzene rings is 2. The minimum Gasteiger partial charge on any atom is -0.385 e. The number of para-hydroxylation sites is 2. The molecule has 0 unspecified atom stereocenters. The normalized spacial score (nSPS) is 14.6. The van der Waals surface area contributed by atoms with Crippen molar-refractivity contribution in [2.24, 2.45) is 0 Å². The quantitative estimate of drug-likeness (QED) is 0.780. The number of nitrogens with one attached hydrogen (secondary N) is 2. The average Bonchev–Trinajstić information content (AvgIpc) is 2.69. The summed E-state index contributed by atoms with van der Waals surface area (Å²) in [4.78, 5) is 14.4. The Kier molecular flexibility index (Phi) is 6.41. The third-order valence-electron chi connectivity index (χ3n) is 4.42. The predicted molar refractivity (Wildman–Crippen MR) is 103 cm³/mol. The second-order valence-electron chi connectivity index (χ2n) is 6.42. The van der Waals surface area contributed by atoms with E-state index in [2.05, 4.69) is 15.5 Å². The molecule has 0 spiro atoms. The monoisotopic (exact) mass is 393 g/mol. The molecule has 0 bridgehead atoms. The summed E-state index contributed by atoms with van der Waals surface area (Å²) in [7, 11) is 0. The van der Waals surface area contributed by atoms with E-state index in [1.807, 2.05) is 24.3 Å². The number of carbonyl (C=O) groups excluding carboxylic acids is 1. The topological polar surface area (TPSA) is 53.6 Å². The van der Waals surface area contributed by atoms with Gasteiger partial charge in [0.2, 0.25) is 5.91 Å². The Hall–Kier alpha value is -2.74. The van der Waals surface area contributed by atoms with Gasteiger partial charge in [-0.25, -0.2) is 0 Å². The summed E-state index contributed by atoms with van der Waals surface area (Å²) in [6.07, 6.45) is -4.16. The molecule has 3 rings (SSSR count). The van der Waals surface area contributed by atoms with Gasteiger partial charge in [0.05, 0.1) is 30.2 Å². The fourth-order valence-electron chi connectivity index (χ4n) is 2.97. The van der Waals surface area contributed by atoms with Crippen LogP contribution in [0.15, 0.2) is 48.5 Å². The van der Waals surface area contributed by atoms with Crippen LogP contribution >= 0.6 is 0 Å². The molecule has 8 heteroatoms. The van der Waals surface area contributed by atoms with Crippen molar-refractivity contribution in [3.63, 3.8) is 0 Å². The van der Waals surface area contributed by atoms with Gasteiger partial charge in [0.15, 0.2) is 0 Å². The Balaban J connectivity index is 1.51. The maximum atomic E-state index is 12.6. The van der Waals surface area contributed by atoms with Gasteiger partial charge in [-0.2, -0.15) is 13.2 Å². The Labute approximate surface area is 161 Å². The van der Waals surface area contributed by atoms with Crippen molar-refractivity contribution < 1.29 is 22.7 Å². The van der Waals surface area contributed by atoms with Crippen LogP contribution in [0, 0.1) is 0 Å². The number of carbonyl (C=O) groups is 1. The number of hydrogen-bond donors (Lipinski definition) is 2. The first kappa shape index (κ1) is 20.0. The maximum Gasteiger partial charge on any atom is 0.416 e. The Bertz CT molecular complexity index is 788. The van der Waals surface area contributed by atoms with Gasteiger partial charge in [0, 0.05) is 31.7 Å². The van der Waals surface area contributed by atoms with Crippen molar-refractivity contribution in [2.75, 3.05) is 48.4 Å². The number of morpholine rings is 1. The van der Waals surface area contributed by atoms with E-state index >= 15 is 0 Å². The summed E-state index contributed by atoms with van der Waals surface area (Å²) >= 11 is 0. The smallest absolute Gasteiger partial charge is 0.385 e. The summed E-state index contributed by atoms with van der Waals surface area (Å²) in [6.45, 7) is 3.15. The van der Waals surface area contributed by atoms with Crippen LogP contribution in [0.5, 0.6) is 0 Å². The molecule has 1 fully saturated rings. The van der Waals surface area contributed by atoms with Gasteiger partial charge in [-0.15, -0.1) is 0 Å². The predicted octanol–water partition coefficient (Wildman–Crippen LogP) is 3.98. The molecule has 1 aliphatic heterocycles. The van der Waals surface area contributed by atoms with Crippen molar-refractivity contribution in [3.8, 4) is 0 Å². The van der Waals surface area contributed by atoms with E-state index in [1.165, 1.54) is 12.1 Å². The summed E-state index contributed by atoms with van der Waals surface area (Å²) in [6, 6.07) is 12.3. The molecular formula is C20H22F3N3O2. The molecule has 2 aromatic carbocycles.